The fraction of sp³-hybridized carbons (Fsp3) is 0.700. The van der Waals surface area contributed by atoms with Crippen molar-refractivity contribution in [2.75, 3.05) is 0 Å². The van der Waals surface area contributed by atoms with Crippen LogP contribution in [0, 0.1) is 0 Å². The molecule has 0 aliphatic rings. The van der Waals surface area contributed by atoms with Crippen molar-refractivity contribution < 1.29 is 0 Å². The molecule has 0 spiro atoms. The summed E-state index contributed by atoms with van der Waals surface area (Å²) in [5, 5.41) is 3.83. The molecule has 1 N–H and O–H groups in total. The van der Waals surface area contributed by atoms with Crippen molar-refractivity contribution >= 4 is 0 Å². The molecule has 0 bridgehead atoms. The van der Waals surface area contributed by atoms with Crippen LogP contribution in [0.4, 0.5) is 0 Å². The van der Waals surface area contributed by atoms with Crippen molar-refractivity contribution in [1.82, 2.24) is 5.32 Å². The third-order valence-corrected chi connectivity index (χ3v) is 4.31. The van der Waals surface area contributed by atoms with Crippen LogP contribution in [0.1, 0.15) is 90.8 Å². The van der Waals surface area contributed by atoms with E-state index < -0.39 is 0 Å². The van der Waals surface area contributed by atoms with E-state index in [1.807, 2.05) is 0 Å². The molecule has 0 saturated heterocycles. The van der Waals surface area contributed by atoms with E-state index >= 15 is 0 Å². The Morgan fingerprint density at radius 1 is 0.952 bits per heavy atom. The van der Waals surface area contributed by atoms with Gasteiger partial charge in [-0.2, -0.15) is 0 Å². The minimum absolute atomic E-state index is 0.237. The highest BCUT2D eigenvalue weighted by molar-refractivity contribution is 5.29. The van der Waals surface area contributed by atoms with E-state index in [2.05, 4.69) is 71.1 Å². The van der Waals surface area contributed by atoms with Crippen LogP contribution in [0.15, 0.2) is 24.3 Å². The molecular weight excluding hydrogens is 254 g/mol. The van der Waals surface area contributed by atoms with Crippen molar-refractivity contribution in [3.05, 3.63) is 35.4 Å². The second-order valence-electron chi connectivity index (χ2n) is 7.39. The lowest BCUT2D eigenvalue weighted by atomic mass is 9.86. The van der Waals surface area contributed by atoms with Crippen molar-refractivity contribution in [1.29, 1.82) is 0 Å². The Labute approximate surface area is 132 Å². The lowest BCUT2D eigenvalue weighted by Crippen LogP contribution is -2.31. The summed E-state index contributed by atoms with van der Waals surface area (Å²) in [5.74, 6) is 0. The summed E-state index contributed by atoms with van der Waals surface area (Å²) in [5.41, 5.74) is 3.05. The number of nitrogens with one attached hydrogen (secondary N) is 1. The van der Waals surface area contributed by atoms with Crippen molar-refractivity contribution in [3.63, 3.8) is 0 Å². The molecule has 0 saturated carbocycles. The Bertz CT molecular complexity index is 385. The highest BCUT2D eigenvalue weighted by Crippen LogP contribution is 2.24. The van der Waals surface area contributed by atoms with E-state index in [1.165, 1.54) is 43.2 Å². The summed E-state index contributed by atoms with van der Waals surface area (Å²) in [6, 6.07) is 10.3. The van der Waals surface area contributed by atoms with Gasteiger partial charge in [0.25, 0.3) is 0 Å². The van der Waals surface area contributed by atoms with Gasteiger partial charge in [0.2, 0.25) is 0 Å². The summed E-state index contributed by atoms with van der Waals surface area (Å²) in [6.07, 6.45) is 6.46. The molecule has 0 aliphatic carbocycles. The van der Waals surface area contributed by atoms with E-state index in [4.69, 9.17) is 0 Å². The van der Waals surface area contributed by atoms with Crippen molar-refractivity contribution in [2.45, 2.75) is 91.1 Å². The van der Waals surface area contributed by atoms with Crippen LogP contribution in [0.2, 0.25) is 0 Å². The van der Waals surface area contributed by atoms with Crippen LogP contribution in [-0.4, -0.2) is 6.04 Å². The van der Waals surface area contributed by atoms with Gasteiger partial charge in [0.15, 0.2) is 0 Å². The highest BCUT2D eigenvalue weighted by Gasteiger charge is 2.15. The quantitative estimate of drug-likeness (QED) is 0.619. The molecule has 0 aliphatic heterocycles. The first kappa shape index (κ1) is 18.2. The lowest BCUT2D eigenvalue weighted by Gasteiger charge is -2.24. The van der Waals surface area contributed by atoms with Gasteiger partial charge in [-0.3, -0.25) is 0 Å². The van der Waals surface area contributed by atoms with Gasteiger partial charge in [-0.25, -0.2) is 0 Å². The highest BCUT2D eigenvalue weighted by atomic mass is 14.9. The minimum Gasteiger partial charge on any atom is -0.307 e. The maximum atomic E-state index is 3.83. The average molecular weight is 290 g/mol. The number of hydrogen-bond donors (Lipinski definition) is 1. The smallest absolute Gasteiger partial charge is 0.0294 e. The predicted octanol–water partition coefficient (Wildman–Crippen LogP) is 5.99. The summed E-state index contributed by atoms with van der Waals surface area (Å²) in [6.45, 7) is 13.7. The molecule has 1 nitrogen and oxygen atoms in total. The number of hydrogen-bond acceptors (Lipinski definition) is 1. The monoisotopic (exact) mass is 289 g/mol. The molecular formula is C20H35N. The van der Waals surface area contributed by atoms with Crippen LogP contribution < -0.4 is 5.32 Å². The first-order valence-electron chi connectivity index (χ1n) is 8.75. The SMILES string of the molecule is CCCCC(CCC)NC(C)c1ccc(C(C)(C)C)cc1. The molecule has 1 heteroatoms. The Morgan fingerprint density at radius 3 is 2.05 bits per heavy atom. The zero-order chi connectivity index (χ0) is 15.9. The maximum Gasteiger partial charge on any atom is 0.0294 e. The van der Waals surface area contributed by atoms with E-state index in [-0.39, 0.29) is 5.41 Å². The molecule has 2 unspecified atom stereocenters. The van der Waals surface area contributed by atoms with Crippen LogP contribution >= 0.6 is 0 Å². The Morgan fingerprint density at radius 2 is 1.57 bits per heavy atom. The molecule has 21 heavy (non-hydrogen) atoms. The molecule has 2 atom stereocenters. The first-order valence-corrected chi connectivity index (χ1v) is 8.75. The molecule has 1 rings (SSSR count). The van der Waals surface area contributed by atoms with Gasteiger partial charge >= 0.3 is 0 Å². The summed E-state index contributed by atoms with van der Waals surface area (Å²) < 4.78 is 0. The molecule has 120 valence electrons. The topological polar surface area (TPSA) is 12.0 Å². The third kappa shape index (κ3) is 6.22. The largest absolute Gasteiger partial charge is 0.307 e. The van der Waals surface area contributed by atoms with Crippen LogP contribution in [0.3, 0.4) is 0 Å². The van der Waals surface area contributed by atoms with Crippen LogP contribution in [0.25, 0.3) is 0 Å². The van der Waals surface area contributed by atoms with Gasteiger partial charge in [-0.05, 0) is 36.3 Å². The van der Waals surface area contributed by atoms with Crippen molar-refractivity contribution in [3.8, 4) is 0 Å². The minimum atomic E-state index is 0.237. The average Bonchev–Trinajstić information content (AvgIpc) is 2.44. The van der Waals surface area contributed by atoms with Gasteiger partial charge in [0.05, 0.1) is 0 Å². The van der Waals surface area contributed by atoms with Gasteiger partial charge in [-0.15, -0.1) is 0 Å². The Hall–Kier alpha value is -0.820. The summed E-state index contributed by atoms with van der Waals surface area (Å²) in [4.78, 5) is 0. The molecule has 0 fully saturated rings. The van der Waals surface area contributed by atoms with Gasteiger partial charge < -0.3 is 5.32 Å². The zero-order valence-electron chi connectivity index (χ0n) is 15.0. The van der Waals surface area contributed by atoms with Gasteiger partial charge in [0.1, 0.15) is 0 Å². The summed E-state index contributed by atoms with van der Waals surface area (Å²) >= 11 is 0. The predicted molar refractivity (Wildman–Crippen MR) is 94.9 cm³/mol. The third-order valence-electron chi connectivity index (χ3n) is 4.31. The first-order chi connectivity index (χ1) is 9.88. The molecule has 0 radical (unpaired) electrons. The molecule has 1 aromatic rings. The molecule has 1 aromatic carbocycles. The Kier molecular flexibility index (Phi) is 7.45. The number of rotatable bonds is 8. The van der Waals surface area contributed by atoms with E-state index in [0.717, 1.165) is 0 Å². The van der Waals surface area contributed by atoms with E-state index in [1.54, 1.807) is 0 Å². The second-order valence-corrected chi connectivity index (χ2v) is 7.39. The lowest BCUT2D eigenvalue weighted by molar-refractivity contribution is 0.396. The van der Waals surface area contributed by atoms with Crippen LogP contribution in [-0.2, 0) is 5.41 Å². The molecule has 0 aromatic heterocycles. The number of benzene rings is 1. The second kappa shape index (κ2) is 8.58. The van der Waals surface area contributed by atoms with Crippen LogP contribution in [0.5, 0.6) is 0 Å². The molecule has 0 heterocycles. The summed E-state index contributed by atoms with van der Waals surface area (Å²) in [7, 11) is 0. The fourth-order valence-electron chi connectivity index (χ4n) is 2.83. The van der Waals surface area contributed by atoms with Gasteiger partial charge in [-0.1, -0.05) is 78.1 Å². The molecule has 0 amide bonds. The number of unbranched alkanes of at least 4 members (excludes halogenated alkanes) is 1. The van der Waals surface area contributed by atoms with Gasteiger partial charge in [0, 0.05) is 12.1 Å². The normalized spacial score (nSPS) is 15.0. The Balaban J connectivity index is 2.66. The van der Waals surface area contributed by atoms with Crippen molar-refractivity contribution in [2.24, 2.45) is 0 Å². The maximum absolute atomic E-state index is 3.83. The standard InChI is InChI=1S/C20H35N/c1-7-9-11-19(10-8-2)21-16(3)17-12-14-18(15-13-17)20(4,5)6/h12-16,19,21H,7-11H2,1-6H3. The fourth-order valence-corrected chi connectivity index (χ4v) is 2.83. The zero-order valence-corrected chi connectivity index (χ0v) is 15.0. The van der Waals surface area contributed by atoms with E-state index in [0.29, 0.717) is 12.1 Å². The van der Waals surface area contributed by atoms with E-state index in [9.17, 15) is 0 Å².